The Bertz CT molecular complexity index is 1100. The molecule has 32 heavy (non-hydrogen) atoms. The molecule has 3 aromatic rings. The third kappa shape index (κ3) is 5.88. The van der Waals surface area contributed by atoms with E-state index in [0.717, 1.165) is 24.0 Å². The maximum Gasteiger partial charge on any atom is 0.335 e. The highest BCUT2D eigenvalue weighted by molar-refractivity contribution is 7.53. The van der Waals surface area contributed by atoms with Crippen LogP contribution >= 0.6 is 7.60 Å². The number of imidazole rings is 1. The summed E-state index contributed by atoms with van der Waals surface area (Å²) >= 11 is 0. The molecule has 9 nitrogen and oxygen atoms in total. The third-order valence-electron chi connectivity index (χ3n) is 4.72. The highest BCUT2D eigenvalue weighted by Crippen LogP contribution is 2.51. The van der Waals surface area contributed by atoms with E-state index < -0.39 is 7.60 Å². The summed E-state index contributed by atoms with van der Waals surface area (Å²) in [5, 5.41) is 0. The van der Waals surface area contributed by atoms with Crippen LogP contribution in [0.15, 0.2) is 24.3 Å². The zero-order valence-corrected chi connectivity index (χ0v) is 19.7. The van der Waals surface area contributed by atoms with Crippen molar-refractivity contribution in [3.8, 4) is 6.01 Å². The Morgan fingerprint density at radius 1 is 1.09 bits per heavy atom. The molecule has 0 amide bonds. The van der Waals surface area contributed by atoms with Crippen molar-refractivity contribution < 1.29 is 18.3 Å². The number of nitrogens with two attached hydrogens (primary N) is 1. The van der Waals surface area contributed by atoms with Gasteiger partial charge >= 0.3 is 13.6 Å². The van der Waals surface area contributed by atoms with Gasteiger partial charge in [-0.05, 0) is 31.4 Å². The van der Waals surface area contributed by atoms with Crippen molar-refractivity contribution in [3.63, 3.8) is 0 Å². The lowest BCUT2D eigenvalue weighted by molar-refractivity contribution is 0.219. The molecule has 0 aliphatic rings. The Hall–Kier alpha value is -2.42. The molecule has 0 bridgehead atoms. The van der Waals surface area contributed by atoms with Crippen LogP contribution in [-0.2, 0) is 26.3 Å². The fourth-order valence-corrected chi connectivity index (χ4v) is 4.99. The zero-order chi connectivity index (χ0) is 23.1. The second-order valence-corrected chi connectivity index (χ2v) is 9.30. The van der Waals surface area contributed by atoms with Crippen molar-refractivity contribution >= 4 is 38.1 Å². The summed E-state index contributed by atoms with van der Waals surface area (Å²) in [6, 6.07) is 7.88. The summed E-state index contributed by atoms with van der Waals surface area (Å²) in [6.07, 6.45) is 2.08. The van der Waals surface area contributed by atoms with Gasteiger partial charge in [-0.15, -0.1) is 0 Å². The molecule has 3 rings (SSSR count). The van der Waals surface area contributed by atoms with E-state index in [4.69, 9.17) is 27.4 Å². The lowest BCUT2D eigenvalue weighted by atomic mass is 10.1. The van der Waals surface area contributed by atoms with E-state index in [1.54, 1.807) is 18.4 Å². The Morgan fingerprint density at radius 2 is 1.81 bits per heavy atom. The lowest BCUT2D eigenvalue weighted by Crippen LogP contribution is -2.20. The van der Waals surface area contributed by atoms with Gasteiger partial charge in [-0.3, -0.25) is 4.57 Å². The highest BCUT2D eigenvalue weighted by atomic mass is 31.2. The maximum atomic E-state index is 12.9. The summed E-state index contributed by atoms with van der Waals surface area (Å²) in [7, 11) is 2.96. The molecule has 2 N–H and O–H groups in total. The van der Waals surface area contributed by atoms with Crippen LogP contribution in [0.3, 0.4) is 0 Å². The molecule has 0 saturated carbocycles. The number of anilines is 1. The molecule has 0 fully saturated rings. The van der Waals surface area contributed by atoms with Crippen LogP contribution < -0.4 is 16.2 Å². The summed E-state index contributed by atoms with van der Waals surface area (Å²) in [4.78, 5) is 13.0. The summed E-state index contributed by atoms with van der Waals surface area (Å²) < 4.78 is 31.1. The van der Waals surface area contributed by atoms with E-state index in [-0.39, 0.29) is 23.7 Å². The Kier molecular flexibility index (Phi) is 8.29. The van der Waals surface area contributed by atoms with Crippen molar-refractivity contribution in [1.29, 1.82) is 0 Å². The first-order chi connectivity index (χ1) is 15.4. The van der Waals surface area contributed by atoms with E-state index in [9.17, 15) is 4.57 Å². The fourth-order valence-electron chi connectivity index (χ4n) is 3.30. The molecule has 0 aliphatic heterocycles. The van der Waals surface area contributed by atoms with Crippen molar-refractivity contribution in [3.05, 3.63) is 35.4 Å². The number of unbranched alkanes of at least 4 members (excludes halogenated alkanes) is 1. The number of hydrogen-bond donors (Lipinski definition) is 1. The van der Waals surface area contributed by atoms with Crippen LogP contribution in [0.4, 0.5) is 5.82 Å². The SMILES string of the molecule is [B]c1nc2c(N)nc(OCCCC)nc2n1Cc1cccc(CP(=O)(OCC)OCC)c1. The van der Waals surface area contributed by atoms with Crippen LogP contribution in [0.1, 0.15) is 44.7 Å². The smallest absolute Gasteiger partial charge is 0.335 e. The monoisotopic (exact) mass is 457 g/mol. The van der Waals surface area contributed by atoms with Crippen LogP contribution in [0.5, 0.6) is 6.01 Å². The quantitative estimate of drug-likeness (QED) is 0.251. The maximum absolute atomic E-state index is 12.9. The first-order valence-corrected chi connectivity index (χ1v) is 12.5. The molecule has 2 radical (unpaired) electrons. The fraction of sp³-hybridized carbons (Fsp3) is 0.476. The molecule has 1 aromatic carbocycles. The van der Waals surface area contributed by atoms with Crippen LogP contribution in [-0.4, -0.2) is 47.2 Å². The van der Waals surface area contributed by atoms with Gasteiger partial charge in [0.2, 0.25) is 0 Å². The molecule has 11 heteroatoms. The van der Waals surface area contributed by atoms with Gasteiger partial charge in [-0.2, -0.15) is 9.97 Å². The summed E-state index contributed by atoms with van der Waals surface area (Å²) in [5.74, 6) is 0.218. The number of nitrogens with zero attached hydrogens (tertiary/aromatic N) is 4. The first-order valence-electron chi connectivity index (χ1n) is 10.8. The highest BCUT2D eigenvalue weighted by Gasteiger charge is 2.24. The van der Waals surface area contributed by atoms with Crippen molar-refractivity contribution in [1.82, 2.24) is 19.5 Å². The van der Waals surface area contributed by atoms with Crippen LogP contribution in [0, 0.1) is 0 Å². The standard InChI is InChI=1S/C21H29BN5O4P/c1-4-7-11-29-21-25-18(23)17-19(26-21)27(20(22)24-17)13-15-9-8-10-16(12-15)14-32(28,30-5-2)31-6-3/h8-10,12H,4-7,11,13-14H2,1-3H3,(H2,23,25,26). The topological polar surface area (TPSA) is 114 Å². The summed E-state index contributed by atoms with van der Waals surface area (Å²) in [6.45, 7) is 7.21. The van der Waals surface area contributed by atoms with E-state index >= 15 is 0 Å². The van der Waals surface area contributed by atoms with Gasteiger partial charge in [0.1, 0.15) is 5.52 Å². The second kappa shape index (κ2) is 10.9. The number of ether oxygens (including phenoxy) is 1. The van der Waals surface area contributed by atoms with E-state index in [1.165, 1.54) is 0 Å². The number of fused-ring (bicyclic) bond motifs is 1. The number of aromatic nitrogens is 4. The van der Waals surface area contributed by atoms with Gasteiger partial charge in [0.15, 0.2) is 19.3 Å². The minimum atomic E-state index is -3.20. The number of nitrogen functional groups attached to an aromatic ring is 1. The second-order valence-electron chi connectivity index (χ2n) is 7.25. The van der Waals surface area contributed by atoms with Gasteiger partial charge < -0.3 is 24.1 Å². The molecule has 0 aliphatic carbocycles. The van der Waals surface area contributed by atoms with Crippen LogP contribution in [0.2, 0.25) is 0 Å². The third-order valence-corrected chi connectivity index (χ3v) is 6.78. The molecule has 0 spiro atoms. The average molecular weight is 457 g/mol. The molecular weight excluding hydrogens is 428 g/mol. The van der Waals surface area contributed by atoms with E-state index in [2.05, 4.69) is 21.9 Å². The van der Waals surface area contributed by atoms with Gasteiger partial charge in [0.25, 0.3) is 0 Å². The minimum absolute atomic E-state index is 0.188. The van der Waals surface area contributed by atoms with Gasteiger partial charge in [-0.25, -0.2) is 4.98 Å². The largest absolute Gasteiger partial charge is 0.463 e. The predicted octanol–water partition coefficient (Wildman–Crippen LogP) is 3.20. The Morgan fingerprint density at radius 3 is 2.50 bits per heavy atom. The average Bonchev–Trinajstić information content (AvgIpc) is 3.05. The van der Waals surface area contributed by atoms with Crippen LogP contribution in [0.25, 0.3) is 11.2 Å². The number of rotatable bonds is 12. The minimum Gasteiger partial charge on any atom is -0.463 e. The van der Waals surface area contributed by atoms with Crippen molar-refractivity contribution in [2.45, 2.75) is 46.3 Å². The van der Waals surface area contributed by atoms with Crippen molar-refractivity contribution in [2.24, 2.45) is 0 Å². The molecule has 2 aromatic heterocycles. The molecular formula is C21H29BN5O4P. The van der Waals surface area contributed by atoms with Gasteiger partial charge in [0, 0.05) is 6.54 Å². The molecule has 0 atom stereocenters. The van der Waals surface area contributed by atoms with E-state index in [1.807, 2.05) is 24.3 Å². The number of benzene rings is 1. The predicted molar refractivity (Wildman–Crippen MR) is 126 cm³/mol. The summed E-state index contributed by atoms with van der Waals surface area (Å²) in [5.41, 5.74) is 9.04. The Balaban J connectivity index is 1.88. The normalized spacial score (nSPS) is 11.8. The van der Waals surface area contributed by atoms with E-state index in [0.29, 0.717) is 37.5 Å². The molecule has 170 valence electrons. The molecule has 2 heterocycles. The zero-order valence-electron chi connectivity index (χ0n) is 18.8. The lowest BCUT2D eigenvalue weighted by Gasteiger charge is -2.17. The first kappa shape index (κ1) is 24.2. The molecule has 0 unspecified atom stereocenters. The Labute approximate surface area is 189 Å². The van der Waals surface area contributed by atoms with Crippen molar-refractivity contribution in [2.75, 3.05) is 25.6 Å². The van der Waals surface area contributed by atoms with Gasteiger partial charge in [-0.1, -0.05) is 37.6 Å². The van der Waals surface area contributed by atoms with Gasteiger partial charge in [0.05, 0.1) is 31.7 Å². The number of hydrogen-bond acceptors (Lipinski definition) is 8. The molecule has 0 saturated heterocycles.